The van der Waals surface area contributed by atoms with Crippen LogP contribution in [0, 0.1) is 5.92 Å². The summed E-state index contributed by atoms with van der Waals surface area (Å²) in [5.74, 6) is 0.463. The van der Waals surface area contributed by atoms with Crippen LogP contribution in [0.4, 0.5) is 0 Å². The smallest absolute Gasteiger partial charge is 0.253 e. The Balaban J connectivity index is 1.88. The largest absolute Gasteiger partial charge is 0.352 e. The molecule has 0 unspecified atom stereocenters. The summed E-state index contributed by atoms with van der Waals surface area (Å²) < 4.78 is 0. The first kappa shape index (κ1) is 19.5. The monoisotopic (exact) mass is 344 g/mol. The fourth-order valence-corrected chi connectivity index (χ4v) is 3.50. The van der Waals surface area contributed by atoms with Gasteiger partial charge in [-0.1, -0.05) is 45.2 Å². The van der Waals surface area contributed by atoms with Gasteiger partial charge in [-0.3, -0.25) is 9.59 Å². The van der Waals surface area contributed by atoms with Gasteiger partial charge in [-0.2, -0.15) is 0 Å². The molecule has 2 rings (SSSR count). The normalized spacial score (nSPS) is 15.0. The van der Waals surface area contributed by atoms with Gasteiger partial charge >= 0.3 is 0 Å². The van der Waals surface area contributed by atoms with Crippen molar-refractivity contribution in [2.75, 3.05) is 13.1 Å². The minimum absolute atomic E-state index is 0.0986. The van der Waals surface area contributed by atoms with Crippen molar-refractivity contribution in [1.29, 1.82) is 0 Å². The summed E-state index contributed by atoms with van der Waals surface area (Å²) in [5.41, 5.74) is 1.77. The molecule has 0 heterocycles. The third-order valence-corrected chi connectivity index (χ3v) is 4.92. The van der Waals surface area contributed by atoms with E-state index in [2.05, 4.69) is 19.2 Å². The van der Waals surface area contributed by atoms with Crippen molar-refractivity contribution in [2.24, 2.45) is 5.92 Å². The van der Waals surface area contributed by atoms with Crippen molar-refractivity contribution in [3.8, 4) is 0 Å². The van der Waals surface area contributed by atoms with Crippen molar-refractivity contribution < 1.29 is 9.59 Å². The molecule has 1 aliphatic rings. The number of rotatable bonds is 8. The van der Waals surface area contributed by atoms with Crippen LogP contribution >= 0.6 is 0 Å². The lowest BCUT2D eigenvalue weighted by Crippen LogP contribution is -2.32. The minimum atomic E-state index is 0.0986. The van der Waals surface area contributed by atoms with Gasteiger partial charge in [-0.15, -0.1) is 0 Å². The zero-order valence-corrected chi connectivity index (χ0v) is 15.7. The lowest BCUT2D eigenvalue weighted by molar-refractivity contribution is -0.126. The Morgan fingerprint density at radius 3 is 2.16 bits per heavy atom. The Labute approximate surface area is 152 Å². The molecule has 1 saturated carbocycles. The number of hydrogen-bond acceptors (Lipinski definition) is 2. The molecular weight excluding hydrogens is 312 g/mol. The van der Waals surface area contributed by atoms with Gasteiger partial charge in [0.05, 0.1) is 0 Å². The lowest BCUT2D eigenvalue weighted by atomic mass is 9.88. The molecule has 0 spiro atoms. The molecule has 0 bridgehead atoms. The predicted molar refractivity (Wildman–Crippen MR) is 101 cm³/mol. The predicted octanol–water partition coefficient (Wildman–Crippen LogP) is 4.15. The number of benzene rings is 1. The maximum atomic E-state index is 12.6. The Hall–Kier alpha value is -1.84. The second-order valence-corrected chi connectivity index (χ2v) is 7.04. The molecule has 4 heteroatoms. The highest BCUT2D eigenvalue weighted by molar-refractivity contribution is 5.94. The van der Waals surface area contributed by atoms with Crippen LogP contribution in [0.3, 0.4) is 0 Å². The van der Waals surface area contributed by atoms with E-state index < -0.39 is 0 Å². The van der Waals surface area contributed by atoms with Gasteiger partial charge in [0.1, 0.15) is 0 Å². The summed E-state index contributed by atoms with van der Waals surface area (Å²) in [6.45, 7) is 6.32. The molecular formula is C21H32N2O2. The molecule has 2 amide bonds. The van der Waals surface area contributed by atoms with Crippen molar-refractivity contribution in [3.63, 3.8) is 0 Å². The van der Waals surface area contributed by atoms with E-state index in [-0.39, 0.29) is 17.7 Å². The first-order valence-corrected chi connectivity index (χ1v) is 9.81. The molecule has 1 N–H and O–H groups in total. The van der Waals surface area contributed by atoms with Gasteiger partial charge in [-0.25, -0.2) is 0 Å². The quantitative estimate of drug-likeness (QED) is 0.770. The summed E-state index contributed by atoms with van der Waals surface area (Å²) >= 11 is 0. The summed E-state index contributed by atoms with van der Waals surface area (Å²) in [6, 6.07) is 7.65. The van der Waals surface area contributed by atoms with E-state index in [1.807, 2.05) is 29.2 Å². The van der Waals surface area contributed by atoms with Crippen LogP contribution in [0.2, 0.25) is 0 Å². The Morgan fingerprint density at radius 2 is 1.60 bits per heavy atom. The van der Waals surface area contributed by atoms with Gasteiger partial charge in [0.2, 0.25) is 5.91 Å². The van der Waals surface area contributed by atoms with Gasteiger partial charge in [0.15, 0.2) is 0 Å². The molecule has 4 nitrogen and oxygen atoms in total. The second-order valence-electron chi connectivity index (χ2n) is 7.04. The zero-order valence-electron chi connectivity index (χ0n) is 15.7. The van der Waals surface area contributed by atoms with Crippen LogP contribution in [0.25, 0.3) is 0 Å². The summed E-state index contributed by atoms with van der Waals surface area (Å²) in [7, 11) is 0. The van der Waals surface area contributed by atoms with Crippen LogP contribution in [0.15, 0.2) is 24.3 Å². The fourth-order valence-electron chi connectivity index (χ4n) is 3.50. The standard InChI is InChI=1S/C21H32N2O2/c1-3-14-23(15-4-2)21(25)19-12-10-17(11-13-19)16-22-20(24)18-8-6-5-7-9-18/h10-13,18H,3-9,14-16H2,1-2H3,(H,22,24). The molecule has 1 aromatic rings. The third kappa shape index (κ3) is 5.87. The number of nitrogens with one attached hydrogen (secondary N) is 1. The molecule has 138 valence electrons. The van der Waals surface area contributed by atoms with Crippen molar-refractivity contribution in [3.05, 3.63) is 35.4 Å². The third-order valence-electron chi connectivity index (χ3n) is 4.92. The topological polar surface area (TPSA) is 49.4 Å². The fraction of sp³-hybridized carbons (Fsp3) is 0.619. The minimum Gasteiger partial charge on any atom is -0.352 e. The van der Waals surface area contributed by atoms with E-state index in [0.717, 1.165) is 49.9 Å². The highest BCUT2D eigenvalue weighted by Gasteiger charge is 2.20. The van der Waals surface area contributed by atoms with Crippen LogP contribution in [-0.2, 0) is 11.3 Å². The van der Waals surface area contributed by atoms with Crippen LogP contribution in [0.1, 0.15) is 74.7 Å². The molecule has 1 fully saturated rings. The average Bonchev–Trinajstić information content (AvgIpc) is 2.66. The second kappa shape index (κ2) is 10.2. The van der Waals surface area contributed by atoms with Crippen LogP contribution < -0.4 is 5.32 Å². The SMILES string of the molecule is CCCN(CCC)C(=O)c1ccc(CNC(=O)C2CCCCC2)cc1. The summed E-state index contributed by atoms with van der Waals surface area (Å²) in [5, 5.41) is 3.05. The van der Waals surface area contributed by atoms with Gasteiger partial charge in [-0.05, 0) is 43.4 Å². The first-order chi connectivity index (χ1) is 12.2. The molecule has 0 saturated heterocycles. The highest BCUT2D eigenvalue weighted by atomic mass is 16.2. The Morgan fingerprint density at radius 1 is 1.00 bits per heavy atom. The molecule has 0 radical (unpaired) electrons. The molecule has 0 atom stereocenters. The molecule has 0 aromatic heterocycles. The summed E-state index contributed by atoms with van der Waals surface area (Å²) in [4.78, 5) is 26.7. The maximum Gasteiger partial charge on any atom is 0.253 e. The molecule has 0 aliphatic heterocycles. The lowest BCUT2D eigenvalue weighted by Gasteiger charge is -2.22. The molecule has 1 aliphatic carbocycles. The number of hydrogen-bond donors (Lipinski definition) is 1. The Kier molecular flexibility index (Phi) is 7.96. The van der Waals surface area contributed by atoms with E-state index in [1.165, 1.54) is 19.3 Å². The number of carbonyl (C=O) groups is 2. The molecule has 25 heavy (non-hydrogen) atoms. The van der Waals surface area contributed by atoms with Crippen LogP contribution in [-0.4, -0.2) is 29.8 Å². The zero-order chi connectivity index (χ0) is 18.1. The average molecular weight is 344 g/mol. The molecule has 1 aromatic carbocycles. The van der Waals surface area contributed by atoms with E-state index in [9.17, 15) is 9.59 Å². The first-order valence-electron chi connectivity index (χ1n) is 9.81. The van der Waals surface area contributed by atoms with Crippen molar-refractivity contribution in [2.45, 2.75) is 65.3 Å². The van der Waals surface area contributed by atoms with E-state index in [4.69, 9.17) is 0 Å². The van der Waals surface area contributed by atoms with Gasteiger partial charge in [0.25, 0.3) is 5.91 Å². The maximum absolute atomic E-state index is 12.6. The van der Waals surface area contributed by atoms with E-state index in [0.29, 0.717) is 6.54 Å². The number of nitrogens with zero attached hydrogens (tertiary/aromatic N) is 1. The van der Waals surface area contributed by atoms with Crippen molar-refractivity contribution >= 4 is 11.8 Å². The van der Waals surface area contributed by atoms with E-state index in [1.54, 1.807) is 0 Å². The number of carbonyl (C=O) groups excluding carboxylic acids is 2. The van der Waals surface area contributed by atoms with Gasteiger partial charge in [0, 0.05) is 31.1 Å². The highest BCUT2D eigenvalue weighted by Crippen LogP contribution is 2.23. The van der Waals surface area contributed by atoms with E-state index >= 15 is 0 Å². The van der Waals surface area contributed by atoms with Crippen molar-refractivity contribution in [1.82, 2.24) is 10.2 Å². The van der Waals surface area contributed by atoms with Crippen LogP contribution in [0.5, 0.6) is 0 Å². The van der Waals surface area contributed by atoms with Gasteiger partial charge < -0.3 is 10.2 Å². The Bertz CT molecular complexity index is 542. The number of amides is 2. The summed E-state index contributed by atoms with van der Waals surface area (Å²) in [6.07, 6.45) is 7.57.